The van der Waals surface area contributed by atoms with E-state index in [1.54, 1.807) is 4.90 Å². The number of halogens is 3. The van der Waals surface area contributed by atoms with Gasteiger partial charge in [0.25, 0.3) is 5.91 Å². The Bertz CT molecular complexity index is 1110. The van der Waals surface area contributed by atoms with Crippen LogP contribution in [0.2, 0.25) is 0 Å². The van der Waals surface area contributed by atoms with Crippen LogP contribution in [0, 0.1) is 0 Å². The fourth-order valence-corrected chi connectivity index (χ4v) is 2.82. The van der Waals surface area contributed by atoms with Gasteiger partial charge in [0.1, 0.15) is 24.2 Å². The predicted octanol–water partition coefficient (Wildman–Crippen LogP) is 1.84. The summed E-state index contributed by atoms with van der Waals surface area (Å²) in [5.74, 6) is -0.475. The lowest BCUT2D eigenvalue weighted by Crippen LogP contribution is -2.38. The number of hydrogen-bond acceptors (Lipinski definition) is 7. The normalized spacial score (nSPS) is 14.5. The Morgan fingerprint density at radius 2 is 1.90 bits per heavy atom. The first-order chi connectivity index (χ1) is 14.3. The van der Waals surface area contributed by atoms with E-state index >= 15 is 0 Å². The van der Waals surface area contributed by atoms with Crippen LogP contribution in [0.3, 0.4) is 0 Å². The molecule has 0 unspecified atom stereocenters. The molecule has 3 aromatic rings. The zero-order valence-corrected chi connectivity index (χ0v) is 15.4. The number of rotatable bonds is 5. The Morgan fingerprint density at radius 1 is 1.17 bits per heavy atom. The van der Waals surface area contributed by atoms with Crippen LogP contribution in [0.1, 0.15) is 17.7 Å². The van der Waals surface area contributed by atoms with Crippen molar-refractivity contribution >= 4 is 23.5 Å². The second kappa shape index (κ2) is 7.54. The number of carbonyl (C=O) groups is 1. The number of pyridine rings is 1. The summed E-state index contributed by atoms with van der Waals surface area (Å²) in [6.07, 6.45) is 2.96. The Balaban J connectivity index is 1.72. The van der Waals surface area contributed by atoms with E-state index in [1.165, 1.54) is 42.0 Å². The molecule has 0 radical (unpaired) electrons. The molecule has 1 aliphatic heterocycles. The number of alkyl halides is 3. The molecule has 4 rings (SSSR count). The minimum atomic E-state index is -4.61. The summed E-state index contributed by atoms with van der Waals surface area (Å²) in [4.78, 5) is 29.0. The number of nitrogens with zero attached hydrogens (tertiary/aromatic N) is 7. The van der Waals surface area contributed by atoms with Crippen LogP contribution in [-0.2, 0) is 11.0 Å². The Hall–Kier alpha value is -3.83. The van der Waals surface area contributed by atoms with E-state index in [1.807, 2.05) is 0 Å². The maximum absolute atomic E-state index is 13.3. The van der Waals surface area contributed by atoms with Crippen LogP contribution in [-0.4, -0.2) is 48.7 Å². The Kier molecular flexibility index (Phi) is 4.90. The van der Waals surface area contributed by atoms with E-state index in [-0.39, 0.29) is 22.8 Å². The second-order valence-electron chi connectivity index (χ2n) is 6.52. The summed E-state index contributed by atoms with van der Waals surface area (Å²) in [5, 5.41) is 4.16. The lowest BCUT2D eigenvalue weighted by atomic mass is 10.1. The fourth-order valence-electron chi connectivity index (χ4n) is 2.82. The number of primary amides is 1. The molecule has 1 amide bonds. The van der Waals surface area contributed by atoms with Crippen LogP contribution in [0.5, 0.6) is 0 Å². The van der Waals surface area contributed by atoms with Gasteiger partial charge in [0.05, 0.1) is 5.57 Å². The average Bonchev–Trinajstić information content (AvgIpc) is 3.13. The van der Waals surface area contributed by atoms with Gasteiger partial charge in [-0.15, -0.1) is 5.10 Å². The molecule has 30 heavy (non-hydrogen) atoms. The third-order valence-corrected chi connectivity index (χ3v) is 4.45. The fraction of sp³-hybridized carbons (Fsp3) is 0.222. The maximum Gasteiger partial charge on any atom is 0.433 e. The van der Waals surface area contributed by atoms with Crippen LogP contribution >= 0.6 is 0 Å². The minimum absolute atomic E-state index is 0.0501. The highest BCUT2D eigenvalue weighted by Crippen LogP contribution is 2.33. The van der Waals surface area contributed by atoms with Crippen molar-refractivity contribution in [1.82, 2.24) is 29.7 Å². The summed E-state index contributed by atoms with van der Waals surface area (Å²) in [5.41, 5.74) is 4.99. The molecule has 12 heteroatoms. The van der Waals surface area contributed by atoms with Crippen LogP contribution in [0.15, 0.2) is 37.2 Å². The first-order valence-electron chi connectivity index (χ1n) is 8.84. The number of aromatic nitrogens is 6. The highest BCUT2D eigenvalue weighted by molar-refractivity contribution is 6.22. The van der Waals surface area contributed by atoms with E-state index < -0.39 is 17.8 Å². The van der Waals surface area contributed by atoms with Crippen molar-refractivity contribution in [3.8, 4) is 11.4 Å². The summed E-state index contributed by atoms with van der Waals surface area (Å²) in [6.45, 7) is 1.28. The number of nitrogens with two attached hydrogens (primary N) is 1. The molecular formula is C18H15F3N8O. The van der Waals surface area contributed by atoms with E-state index in [2.05, 4.69) is 25.0 Å². The van der Waals surface area contributed by atoms with Gasteiger partial charge in [0.15, 0.2) is 5.82 Å². The van der Waals surface area contributed by atoms with Gasteiger partial charge in [-0.1, -0.05) is 0 Å². The van der Waals surface area contributed by atoms with E-state index in [0.29, 0.717) is 18.7 Å². The van der Waals surface area contributed by atoms with E-state index in [4.69, 9.17) is 5.73 Å². The molecule has 0 aliphatic carbocycles. The van der Waals surface area contributed by atoms with Crippen molar-refractivity contribution in [1.29, 1.82) is 0 Å². The molecule has 1 aliphatic rings. The second-order valence-corrected chi connectivity index (χ2v) is 6.52. The monoisotopic (exact) mass is 416 g/mol. The molecule has 9 nitrogen and oxygen atoms in total. The van der Waals surface area contributed by atoms with Crippen LogP contribution in [0.25, 0.3) is 23.2 Å². The Morgan fingerprint density at radius 3 is 2.50 bits per heavy atom. The molecule has 3 aromatic heterocycles. The predicted molar refractivity (Wildman–Crippen MR) is 100 cm³/mol. The standard InChI is InChI=1S/C18H15F3N8O/c19-18(20,21)14-4-11(5-15(26-14)28-2-1-3-28)17-25-10-29(27-17)8-13(16(22)30)12-6-23-9-24-7-12/h4-10H,1-3H2,(H2,22,30)/b13-8+. The van der Waals surface area contributed by atoms with Gasteiger partial charge < -0.3 is 10.6 Å². The average molecular weight is 416 g/mol. The number of hydrogen-bond donors (Lipinski definition) is 1. The number of anilines is 1. The molecule has 1 saturated heterocycles. The van der Waals surface area contributed by atoms with Crippen molar-refractivity contribution in [3.63, 3.8) is 0 Å². The smallest absolute Gasteiger partial charge is 0.366 e. The zero-order chi connectivity index (χ0) is 21.3. The van der Waals surface area contributed by atoms with Crippen molar-refractivity contribution in [3.05, 3.63) is 48.4 Å². The van der Waals surface area contributed by atoms with Crippen molar-refractivity contribution < 1.29 is 18.0 Å². The van der Waals surface area contributed by atoms with Crippen molar-refractivity contribution in [2.75, 3.05) is 18.0 Å². The van der Waals surface area contributed by atoms with Gasteiger partial charge in [0.2, 0.25) is 0 Å². The SMILES string of the molecule is NC(=O)/C(=C/n1cnc(-c2cc(N3CCC3)nc(C(F)(F)F)c2)n1)c1cncnc1. The van der Waals surface area contributed by atoms with Crippen LogP contribution in [0.4, 0.5) is 19.0 Å². The molecule has 0 spiro atoms. The molecule has 1 fully saturated rings. The third kappa shape index (κ3) is 3.97. The molecule has 0 atom stereocenters. The van der Waals surface area contributed by atoms with Gasteiger partial charge >= 0.3 is 6.18 Å². The van der Waals surface area contributed by atoms with Crippen molar-refractivity contribution in [2.45, 2.75) is 12.6 Å². The first kappa shape index (κ1) is 19.5. The molecule has 0 saturated carbocycles. The van der Waals surface area contributed by atoms with Gasteiger partial charge in [-0.05, 0) is 18.6 Å². The van der Waals surface area contributed by atoms with E-state index in [0.717, 1.165) is 12.5 Å². The summed E-state index contributed by atoms with van der Waals surface area (Å²) in [6, 6.07) is 2.41. The molecule has 0 bridgehead atoms. The zero-order valence-electron chi connectivity index (χ0n) is 15.4. The van der Waals surface area contributed by atoms with Crippen molar-refractivity contribution in [2.24, 2.45) is 5.73 Å². The minimum Gasteiger partial charge on any atom is -0.366 e. The van der Waals surface area contributed by atoms with Crippen LogP contribution < -0.4 is 10.6 Å². The largest absolute Gasteiger partial charge is 0.433 e. The molecular weight excluding hydrogens is 401 g/mol. The lowest BCUT2D eigenvalue weighted by Gasteiger charge is -2.32. The van der Waals surface area contributed by atoms with Gasteiger partial charge in [-0.25, -0.2) is 24.6 Å². The summed E-state index contributed by atoms with van der Waals surface area (Å²) in [7, 11) is 0. The third-order valence-electron chi connectivity index (χ3n) is 4.45. The number of carbonyl (C=O) groups excluding carboxylic acids is 1. The number of amides is 1. The van der Waals surface area contributed by atoms with E-state index in [9.17, 15) is 18.0 Å². The summed E-state index contributed by atoms with van der Waals surface area (Å²) < 4.78 is 41.1. The van der Waals surface area contributed by atoms with Gasteiger partial charge in [-0.2, -0.15) is 13.2 Å². The van der Waals surface area contributed by atoms with Gasteiger partial charge in [0, 0.05) is 42.8 Å². The van der Waals surface area contributed by atoms with Gasteiger partial charge in [-0.3, -0.25) is 4.79 Å². The topological polar surface area (TPSA) is 116 Å². The summed E-state index contributed by atoms with van der Waals surface area (Å²) >= 11 is 0. The molecule has 154 valence electrons. The quantitative estimate of drug-likeness (QED) is 0.631. The lowest BCUT2D eigenvalue weighted by molar-refractivity contribution is -0.141. The maximum atomic E-state index is 13.3. The highest BCUT2D eigenvalue weighted by Gasteiger charge is 2.34. The molecule has 0 aromatic carbocycles. The molecule has 2 N–H and O–H groups in total. The Labute approximate surface area is 168 Å². The molecule has 4 heterocycles. The highest BCUT2D eigenvalue weighted by atomic mass is 19.4. The first-order valence-corrected chi connectivity index (χ1v) is 8.84.